The summed E-state index contributed by atoms with van der Waals surface area (Å²) in [7, 11) is 1.56. The largest absolute Gasteiger partial charge is 0.481 e. The third kappa shape index (κ3) is 4.08. The predicted octanol–water partition coefficient (Wildman–Crippen LogP) is 1.72. The third-order valence-electron chi connectivity index (χ3n) is 3.79. The topological polar surface area (TPSA) is 90.1 Å². The fourth-order valence-electron chi connectivity index (χ4n) is 2.78. The number of nitrogens with two attached hydrogens (primary N) is 1. The van der Waals surface area contributed by atoms with Crippen molar-refractivity contribution in [1.82, 2.24) is 9.97 Å². The van der Waals surface area contributed by atoms with Crippen molar-refractivity contribution in [1.29, 1.82) is 0 Å². The Balaban J connectivity index is 2.07. The van der Waals surface area contributed by atoms with E-state index in [9.17, 15) is 4.79 Å². The van der Waals surface area contributed by atoms with Gasteiger partial charge in [-0.15, -0.1) is 0 Å². The summed E-state index contributed by atoms with van der Waals surface area (Å²) in [6, 6.07) is 1.69. The van der Waals surface area contributed by atoms with Crippen LogP contribution >= 0.6 is 0 Å². The van der Waals surface area contributed by atoms with Gasteiger partial charge < -0.3 is 15.8 Å². The van der Waals surface area contributed by atoms with E-state index in [-0.39, 0.29) is 11.9 Å². The van der Waals surface area contributed by atoms with Gasteiger partial charge in [0.1, 0.15) is 0 Å². The van der Waals surface area contributed by atoms with Crippen LogP contribution in [-0.2, 0) is 4.79 Å². The average molecular weight is 278 g/mol. The summed E-state index contributed by atoms with van der Waals surface area (Å²) in [5.74, 6) is 1.15. The van der Waals surface area contributed by atoms with E-state index in [1.807, 2.05) is 0 Å². The minimum atomic E-state index is -0.295. The van der Waals surface area contributed by atoms with Crippen LogP contribution < -0.4 is 15.8 Å². The molecular weight excluding hydrogens is 256 g/mol. The number of methoxy groups -OCH3 is 1. The van der Waals surface area contributed by atoms with Gasteiger partial charge in [0.05, 0.1) is 7.11 Å². The number of rotatable bonds is 6. The number of primary amides is 1. The normalized spacial score (nSPS) is 17.4. The van der Waals surface area contributed by atoms with Crippen LogP contribution in [0.25, 0.3) is 0 Å². The second-order valence-corrected chi connectivity index (χ2v) is 5.24. The lowest BCUT2D eigenvalue weighted by Crippen LogP contribution is -2.35. The maximum absolute atomic E-state index is 11.3. The molecule has 110 valence electrons. The second-order valence-electron chi connectivity index (χ2n) is 5.24. The smallest absolute Gasteiger partial charge is 0.226 e. The number of nitrogens with one attached hydrogen (secondary N) is 1. The molecule has 1 aromatic rings. The summed E-state index contributed by atoms with van der Waals surface area (Å²) in [4.78, 5) is 19.7. The molecule has 0 aliphatic heterocycles. The molecule has 0 aromatic carbocycles. The molecule has 20 heavy (non-hydrogen) atoms. The van der Waals surface area contributed by atoms with Crippen molar-refractivity contribution in [2.45, 2.75) is 44.6 Å². The molecule has 0 saturated heterocycles. The lowest BCUT2D eigenvalue weighted by atomic mass is 9.82. The van der Waals surface area contributed by atoms with Crippen LogP contribution in [0.4, 0.5) is 5.95 Å². The maximum Gasteiger partial charge on any atom is 0.226 e. The van der Waals surface area contributed by atoms with Gasteiger partial charge in [-0.05, 0) is 18.8 Å². The standard InChI is InChI=1S/C14H22N4O2/c1-20-13-7-8-16-14(18-13)17-11(9-12(15)19)10-5-3-2-4-6-10/h7-8,10-11H,2-6,9H2,1H3,(H2,15,19)(H,16,17,18)/t11-/m1/s1. The number of ether oxygens (including phenoxy) is 1. The first-order valence-electron chi connectivity index (χ1n) is 7.11. The van der Waals surface area contributed by atoms with E-state index in [4.69, 9.17) is 10.5 Å². The summed E-state index contributed by atoms with van der Waals surface area (Å²) in [5.41, 5.74) is 5.37. The van der Waals surface area contributed by atoms with Gasteiger partial charge in [0, 0.05) is 24.7 Å². The second kappa shape index (κ2) is 7.07. The van der Waals surface area contributed by atoms with E-state index in [1.165, 1.54) is 19.3 Å². The van der Waals surface area contributed by atoms with Crippen molar-refractivity contribution in [3.63, 3.8) is 0 Å². The molecule has 1 aliphatic carbocycles. The Morgan fingerprint density at radius 2 is 2.25 bits per heavy atom. The van der Waals surface area contributed by atoms with Gasteiger partial charge in [-0.25, -0.2) is 4.98 Å². The Bertz CT molecular complexity index is 447. The zero-order valence-corrected chi connectivity index (χ0v) is 11.8. The molecule has 6 heteroatoms. The van der Waals surface area contributed by atoms with Crippen LogP contribution in [0.1, 0.15) is 38.5 Å². The van der Waals surface area contributed by atoms with Crippen LogP contribution in [0.2, 0.25) is 0 Å². The summed E-state index contributed by atoms with van der Waals surface area (Å²) >= 11 is 0. The van der Waals surface area contributed by atoms with E-state index in [0.717, 1.165) is 12.8 Å². The van der Waals surface area contributed by atoms with Gasteiger partial charge in [0.2, 0.25) is 17.7 Å². The van der Waals surface area contributed by atoms with Gasteiger partial charge in [0.25, 0.3) is 0 Å². The number of carbonyl (C=O) groups excluding carboxylic acids is 1. The fourth-order valence-corrected chi connectivity index (χ4v) is 2.78. The highest BCUT2D eigenvalue weighted by Gasteiger charge is 2.25. The lowest BCUT2D eigenvalue weighted by Gasteiger charge is -2.30. The molecule has 0 unspecified atom stereocenters. The Labute approximate surface area is 119 Å². The molecule has 0 radical (unpaired) electrons. The summed E-state index contributed by atoms with van der Waals surface area (Å²) in [6.45, 7) is 0. The highest BCUT2D eigenvalue weighted by atomic mass is 16.5. The lowest BCUT2D eigenvalue weighted by molar-refractivity contribution is -0.118. The molecule has 1 fully saturated rings. The highest BCUT2D eigenvalue weighted by molar-refractivity contribution is 5.74. The zero-order valence-electron chi connectivity index (χ0n) is 11.8. The number of nitrogens with zero attached hydrogens (tertiary/aromatic N) is 2. The Kier molecular flexibility index (Phi) is 5.15. The molecular formula is C14H22N4O2. The maximum atomic E-state index is 11.3. The Morgan fingerprint density at radius 3 is 2.90 bits per heavy atom. The first-order valence-corrected chi connectivity index (χ1v) is 7.11. The molecule has 1 atom stereocenters. The van der Waals surface area contributed by atoms with Crippen LogP contribution in [-0.4, -0.2) is 29.0 Å². The molecule has 6 nitrogen and oxygen atoms in total. The van der Waals surface area contributed by atoms with Crippen molar-refractivity contribution in [3.05, 3.63) is 12.3 Å². The molecule has 0 bridgehead atoms. The van der Waals surface area contributed by atoms with E-state index >= 15 is 0 Å². The predicted molar refractivity (Wildman–Crippen MR) is 76.4 cm³/mol. The van der Waals surface area contributed by atoms with E-state index in [1.54, 1.807) is 19.4 Å². The monoisotopic (exact) mass is 278 g/mol. The molecule has 3 N–H and O–H groups in total. The fraction of sp³-hybridized carbons (Fsp3) is 0.643. The minimum absolute atomic E-state index is 0.0000869. The van der Waals surface area contributed by atoms with Crippen LogP contribution in [0.3, 0.4) is 0 Å². The van der Waals surface area contributed by atoms with E-state index in [2.05, 4.69) is 15.3 Å². The van der Waals surface area contributed by atoms with E-state index < -0.39 is 0 Å². The van der Waals surface area contributed by atoms with Crippen LogP contribution in [0, 0.1) is 5.92 Å². The number of hydrogen-bond acceptors (Lipinski definition) is 5. The molecule has 1 heterocycles. The molecule has 1 aliphatic rings. The summed E-state index contributed by atoms with van der Waals surface area (Å²) < 4.78 is 5.08. The van der Waals surface area contributed by atoms with E-state index in [0.29, 0.717) is 24.2 Å². The van der Waals surface area contributed by atoms with Crippen molar-refractivity contribution >= 4 is 11.9 Å². The third-order valence-corrected chi connectivity index (χ3v) is 3.79. The number of anilines is 1. The quantitative estimate of drug-likeness (QED) is 0.827. The Hall–Kier alpha value is -1.85. The van der Waals surface area contributed by atoms with Crippen LogP contribution in [0.15, 0.2) is 12.3 Å². The zero-order chi connectivity index (χ0) is 14.4. The van der Waals surface area contributed by atoms with Gasteiger partial charge in [-0.2, -0.15) is 4.98 Å². The van der Waals surface area contributed by atoms with Crippen molar-refractivity contribution in [2.75, 3.05) is 12.4 Å². The van der Waals surface area contributed by atoms with Gasteiger partial charge in [-0.1, -0.05) is 19.3 Å². The van der Waals surface area contributed by atoms with Gasteiger partial charge in [0.15, 0.2) is 0 Å². The van der Waals surface area contributed by atoms with Crippen LogP contribution in [0.5, 0.6) is 5.88 Å². The van der Waals surface area contributed by atoms with Crippen molar-refractivity contribution in [3.8, 4) is 5.88 Å². The Morgan fingerprint density at radius 1 is 1.50 bits per heavy atom. The van der Waals surface area contributed by atoms with Gasteiger partial charge >= 0.3 is 0 Å². The number of hydrogen-bond donors (Lipinski definition) is 2. The van der Waals surface area contributed by atoms with Crippen molar-refractivity contribution < 1.29 is 9.53 Å². The van der Waals surface area contributed by atoms with Gasteiger partial charge in [-0.3, -0.25) is 4.79 Å². The molecule has 1 saturated carbocycles. The number of amides is 1. The summed E-state index contributed by atoms with van der Waals surface area (Å²) in [6.07, 6.45) is 7.88. The van der Waals surface area contributed by atoms with Crippen molar-refractivity contribution in [2.24, 2.45) is 11.7 Å². The summed E-state index contributed by atoms with van der Waals surface area (Å²) in [5, 5.41) is 3.25. The molecule has 2 rings (SSSR count). The highest BCUT2D eigenvalue weighted by Crippen LogP contribution is 2.29. The molecule has 1 aromatic heterocycles. The SMILES string of the molecule is COc1ccnc(N[C@H](CC(N)=O)C2CCCCC2)n1. The number of carbonyl (C=O) groups is 1. The minimum Gasteiger partial charge on any atom is -0.481 e. The number of aromatic nitrogens is 2. The first-order chi connectivity index (χ1) is 9.69. The first kappa shape index (κ1) is 14.6. The molecule has 0 spiro atoms. The average Bonchev–Trinajstić information content (AvgIpc) is 2.47. The molecule has 1 amide bonds.